The van der Waals surface area contributed by atoms with Crippen LogP contribution in [-0.4, -0.2) is 76.8 Å². The molecule has 1 aliphatic heterocycles. The standard InChI is InChI=1S/C27H34N6O2/c1-4-32(5-2)27(34)25-11-12-26(30-29-25)33-15-13-31(14-16-33)20-21-9-7-8-10-24(21)22-17-23(35-6-3)19-28-18-22/h7-12,17-19H,4-6,13-16,20H2,1-3H3. The summed E-state index contributed by atoms with van der Waals surface area (Å²) in [6.45, 7) is 12.3. The lowest BCUT2D eigenvalue weighted by atomic mass is 10.0. The van der Waals surface area contributed by atoms with Crippen molar-refractivity contribution in [1.29, 1.82) is 0 Å². The largest absolute Gasteiger partial charge is 0.492 e. The first-order chi connectivity index (χ1) is 17.1. The van der Waals surface area contributed by atoms with Gasteiger partial charge < -0.3 is 14.5 Å². The number of aromatic nitrogens is 3. The molecule has 1 aromatic carbocycles. The molecule has 0 spiro atoms. The minimum Gasteiger partial charge on any atom is -0.492 e. The van der Waals surface area contributed by atoms with Crippen LogP contribution in [0.2, 0.25) is 0 Å². The molecule has 1 saturated heterocycles. The molecule has 0 atom stereocenters. The maximum absolute atomic E-state index is 12.5. The van der Waals surface area contributed by atoms with E-state index in [0.717, 1.165) is 49.9 Å². The van der Waals surface area contributed by atoms with Crippen molar-refractivity contribution in [3.8, 4) is 16.9 Å². The first-order valence-corrected chi connectivity index (χ1v) is 12.4. The van der Waals surface area contributed by atoms with Gasteiger partial charge in [-0.25, -0.2) is 0 Å². The molecule has 2 aromatic heterocycles. The molecule has 0 aliphatic carbocycles. The van der Waals surface area contributed by atoms with E-state index < -0.39 is 0 Å². The van der Waals surface area contributed by atoms with Gasteiger partial charge in [-0.05, 0) is 50.1 Å². The molecule has 8 heteroatoms. The Morgan fingerprint density at radius 3 is 2.43 bits per heavy atom. The predicted octanol–water partition coefficient (Wildman–Crippen LogP) is 3.74. The summed E-state index contributed by atoms with van der Waals surface area (Å²) in [5.74, 6) is 1.54. The number of amides is 1. The second-order valence-corrected chi connectivity index (χ2v) is 8.52. The van der Waals surface area contributed by atoms with E-state index in [1.807, 2.05) is 33.0 Å². The highest BCUT2D eigenvalue weighted by Gasteiger charge is 2.21. The average molecular weight is 475 g/mol. The van der Waals surface area contributed by atoms with Crippen LogP contribution in [0.25, 0.3) is 11.1 Å². The predicted molar refractivity (Wildman–Crippen MR) is 138 cm³/mol. The summed E-state index contributed by atoms with van der Waals surface area (Å²) < 4.78 is 5.64. The summed E-state index contributed by atoms with van der Waals surface area (Å²) >= 11 is 0. The van der Waals surface area contributed by atoms with Gasteiger partial charge in [0, 0.05) is 57.6 Å². The minimum absolute atomic E-state index is 0.0699. The summed E-state index contributed by atoms with van der Waals surface area (Å²) in [6.07, 6.45) is 3.65. The summed E-state index contributed by atoms with van der Waals surface area (Å²) in [5, 5.41) is 8.56. The van der Waals surface area contributed by atoms with Crippen LogP contribution in [-0.2, 0) is 6.54 Å². The van der Waals surface area contributed by atoms with Crippen LogP contribution in [0, 0.1) is 0 Å². The molecule has 1 amide bonds. The van der Waals surface area contributed by atoms with E-state index in [1.165, 1.54) is 11.1 Å². The van der Waals surface area contributed by atoms with Gasteiger partial charge in [-0.3, -0.25) is 14.7 Å². The Labute approximate surface area is 207 Å². The second-order valence-electron chi connectivity index (χ2n) is 8.52. The fourth-order valence-corrected chi connectivity index (χ4v) is 4.41. The summed E-state index contributed by atoms with van der Waals surface area (Å²) in [5.41, 5.74) is 3.93. The SMILES string of the molecule is CCOc1cncc(-c2ccccc2CN2CCN(c3ccc(C(=O)N(CC)CC)nn3)CC2)c1. The Hall–Kier alpha value is -3.52. The Kier molecular flexibility index (Phi) is 8.26. The van der Waals surface area contributed by atoms with Crippen LogP contribution in [0.15, 0.2) is 54.9 Å². The highest BCUT2D eigenvalue weighted by atomic mass is 16.5. The van der Waals surface area contributed by atoms with Crippen molar-refractivity contribution in [2.45, 2.75) is 27.3 Å². The molecule has 184 valence electrons. The summed E-state index contributed by atoms with van der Waals surface area (Å²) in [4.78, 5) is 23.3. The number of anilines is 1. The summed E-state index contributed by atoms with van der Waals surface area (Å²) in [6, 6.07) is 14.2. The maximum Gasteiger partial charge on any atom is 0.274 e. The van der Waals surface area contributed by atoms with Gasteiger partial charge in [-0.2, -0.15) is 0 Å². The number of piperazine rings is 1. The van der Waals surface area contributed by atoms with Crippen LogP contribution in [0.5, 0.6) is 5.75 Å². The van der Waals surface area contributed by atoms with Gasteiger partial charge in [0.05, 0.1) is 12.8 Å². The minimum atomic E-state index is -0.0699. The van der Waals surface area contributed by atoms with Gasteiger partial charge in [-0.15, -0.1) is 10.2 Å². The molecule has 1 aliphatic rings. The molecule has 8 nitrogen and oxygen atoms in total. The molecule has 0 unspecified atom stereocenters. The third-order valence-electron chi connectivity index (χ3n) is 6.36. The molecule has 0 radical (unpaired) electrons. The Bertz CT molecular complexity index is 1110. The van der Waals surface area contributed by atoms with Gasteiger partial charge in [0.15, 0.2) is 11.5 Å². The molecular formula is C27H34N6O2. The lowest BCUT2D eigenvalue weighted by molar-refractivity contribution is 0.0766. The van der Waals surface area contributed by atoms with Gasteiger partial charge in [0.1, 0.15) is 5.75 Å². The second kappa shape index (κ2) is 11.8. The summed E-state index contributed by atoms with van der Waals surface area (Å²) in [7, 11) is 0. The van der Waals surface area contributed by atoms with Gasteiger partial charge in [0.25, 0.3) is 5.91 Å². The average Bonchev–Trinajstić information content (AvgIpc) is 2.90. The fourth-order valence-electron chi connectivity index (χ4n) is 4.41. The number of pyridine rings is 1. The van der Waals surface area contributed by atoms with E-state index >= 15 is 0 Å². The van der Waals surface area contributed by atoms with E-state index in [4.69, 9.17) is 4.74 Å². The normalized spacial score (nSPS) is 14.1. The number of rotatable bonds is 9. The maximum atomic E-state index is 12.5. The van der Waals surface area contributed by atoms with Crippen LogP contribution < -0.4 is 9.64 Å². The molecule has 0 saturated carbocycles. The van der Waals surface area contributed by atoms with E-state index in [2.05, 4.69) is 55.3 Å². The van der Waals surface area contributed by atoms with Crippen LogP contribution in [0.3, 0.4) is 0 Å². The number of hydrogen-bond donors (Lipinski definition) is 0. The zero-order chi connectivity index (χ0) is 24.6. The molecule has 0 N–H and O–H groups in total. The van der Waals surface area contributed by atoms with Crippen molar-refractivity contribution in [2.24, 2.45) is 0 Å². The van der Waals surface area contributed by atoms with Crippen molar-refractivity contribution in [3.63, 3.8) is 0 Å². The smallest absolute Gasteiger partial charge is 0.274 e. The molecule has 4 rings (SSSR count). The highest BCUT2D eigenvalue weighted by molar-refractivity contribution is 5.92. The molecule has 35 heavy (non-hydrogen) atoms. The lowest BCUT2D eigenvalue weighted by Crippen LogP contribution is -2.46. The van der Waals surface area contributed by atoms with Crippen molar-refractivity contribution in [2.75, 3.05) is 50.8 Å². The van der Waals surface area contributed by atoms with Crippen LogP contribution in [0.1, 0.15) is 36.8 Å². The highest BCUT2D eigenvalue weighted by Crippen LogP contribution is 2.27. The number of hydrogen-bond acceptors (Lipinski definition) is 7. The number of benzene rings is 1. The van der Waals surface area contributed by atoms with Gasteiger partial charge in [-0.1, -0.05) is 24.3 Å². The number of carbonyl (C=O) groups is 1. The number of ether oxygens (including phenoxy) is 1. The topological polar surface area (TPSA) is 74.7 Å². The molecule has 3 aromatic rings. The fraction of sp³-hybridized carbons (Fsp3) is 0.407. The molecule has 1 fully saturated rings. The monoisotopic (exact) mass is 474 g/mol. The Morgan fingerprint density at radius 2 is 1.74 bits per heavy atom. The first-order valence-electron chi connectivity index (χ1n) is 12.4. The van der Waals surface area contributed by atoms with Crippen molar-refractivity contribution >= 4 is 11.7 Å². The molecular weight excluding hydrogens is 440 g/mol. The Balaban J connectivity index is 1.38. The van der Waals surface area contributed by atoms with Crippen molar-refractivity contribution in [3.05, 3.63) is 66.1 Å². The molecule has 3 heterocycles. The zero-order valence-corrected chi connectivity index (χ0v) is 20.9. The van der Waals surface area contributed by atoms with E-state index in [0.29, 0.717) is 25.4 Å². The van der Waals surface area contributed by atoms with E-state index in [-0.39, 0.29) is 5.91 Å². The number of nitrogens with zero attached hydrogens (tertiary/aromatic N) is 6. The first kappa shape index (κ1) is 24.6. The zero-order valence-electron chi connectivity index (χ0n) is 20.9. The van der Waals surface area contributed by atoms with Crippen LogP contribution >= 0.6 is 0 Å². The van der Waals surface area contributed by atoms with Crippen molar-refractivity contribution in [1.82, 2.24) is 25.0 Å². The quantitative estimate of drug-likeness (QED) is 0.468. The lowest BCUT2D eigenvalue weighted by Gasteiger charge is -2.35. The van der Waals surface area contributed by atoms with Crippen LogP contribution in [0.4, 0.5) is 5.82 Å². The third kappa shape index (κ3) is 5.95. The van der Waals surface area contributed by atoms with Gasteiger partial charge >= 0.3 is 0 Å². The third-order valence-corrected chi connectivity index (χ3v) is 6.36. The van der Waals surface area contributed by atoms with Crippen molar-refractivity contribution < 1.29 is 9.53 Å². The molecule has 0 bridgehead atoms. The van der Waals surface area contributed by atoms with E-state index in [1.54, 1.807) is 17.2 Å². The van der Waals surface area contributed by atoms with Gasteiger partial charge in [0.2, 0.25) is 0 Å². The van der Waals surface area contributed by atoms with E-state index in [9.17, 15) is 4.79 Å². The number of carbonyl (C=O) groups excluding carboxylic acids is 1. The Morgan fingerprint density at radius 1 is 0.971 bits per heavy atom.